The third-order valence-electron chi connectivity index (χ3n) is 1.82. The van der Waals surface area contributed by atoms with Crippen LogP contribution in [0.25, 0.3) is 0 Å². The summed E-state index contributed by atoms with van der Waals surface area (Å²) in [7, 11) is 0. The smallest absolute Gasteiger partial charge is 0.311 e. The molecule has 0 bridgehead atoms. The van der Waals surface area contributed by atoms with E-state index in [0.717, 1.165) is 0 Å². The molecular weight excluding hydrogens is 206 g/mol. The summed E-state index contributed by atoms with van der Waals surface area (Å²) in [6.07, 6.45) is 3.59. The molecule has 5 nitrogen and oxygen atoms in total. The monoisotopic (exact) mass is 210 g/mol. The lowest BCUT2D eigenvalue weighted by atomic mass is 10.1. The van der Waals surface area contributed by atoms with E-state index in [1.165, 1.54) is 18.3 Å². The molecule has 1 aromatic heterocycles. The van der Waals surface area contributed by atoms with Gasteiger partial charge in [-0.05, 0) is 12.1 Å². The second kappa shape index (κ2) is 4.16. The summed E-state index contributed by atoms with van der Waals surface area (Å²) >= 11 is 0. The average Bonchev–Trinajstić information content (AvgIpc) is 2.81. The van der Waals surface area contributed by atoms with Crippen LogP contribution in [0.3, 0.4) is 0 Å². The molecule has 1 aromatic carbocycles. The fourth-order valence-corrected chi connectivity index (χ4v) is 1.12. The molecule has 2 rings (SSSR count). The molecular formula is C11H4N3O2. The van der Waals surface area contributed by atoms with Gasteiger partial charge in [0.2, 0.25) is 0 Å². The molecule has 16 heavy (non-hydrogen) atoms. The third kappa shape index (κ3) is 1.84. The van der Waals surface area contributed by atoms with Gasteiger partial charge in [0.1, 0.15) is 24.1 Å². The van der Waals surface area contributed by atoms with Gasteiger partial charge < -0.3 is 9.15 Å². The summed E-state index contributed by atoms with van der Waals surface area (Å²) in [5.41, 5.74) is 0.558. The van der Waals surface area contributed by atoms with Crippen LogP contribution in [0, 0.1) is 29.1 Å². The summed E-state index contributed by atoms with van der Waals surface area (Å²) in [5, 5.41) is 17.5. The van der Waals surface area contributed by atoms with Gasteiger partial charge >= 0.3 is 5.95 Å². The predicted molar refractivity (Wildman–Crippen MR) is 51.3 cm³/mol. The van der Waals surface area contributed by atoms with Crippen molar-refractivity contribution in [3.8, 4) is 23.8 Å². The minimum absolute atomic E-state index is 0.175. The predicted octanol–water partition coefficient (Wildman–Crippen LogP) is 2.01. The summed E-state index contributed by atoms with van der Waals surface area (Å²) in [6, 6.07) is 8.36. The number of rotatable bonds is 2. The molecule has 1 radical (unpaired) electrons. The van der Waals surface area contributed by atoms with E-state index < -0.39 is 0 Å². The van der Waals surface area contributed by atoms with Crippen LogP contribution >= 0.6 is 0 Å². The van der Waals surface area contributed by atoms with Crippen molar-refractivity contribution in [2.45, 2.75) is 0 Å². The summed E-state index contributed by atoms with van der Waals surface area (Å²) < 4.78 is 10.0. The van der Waals surface area contributed by atoms with Crippen LogP contribution in [-0.4, -0.2) is 4.98 Å². The zero-order chi connectivity index (χ0) is 11.4. The van der Waals surface area contributed by atoms with Crippen LogP contribution in [0.15, 0.2) is 28.8 Å². The van der Waals surface area contributed by atoms with Crippen molar-refractivity contribution in [1.29, 1.82) is 10.5 Å². The first-order valence-corrected chi connectivity index (χ1v) is 4.27. The number of nitrogens with zero attached hydrogens (tertiary/aromatic N) is 3. The molecule has 0 fully saturated rings. The Labute approximate surface area is 91.1 Å². The highest BCUT2D eigenvalue weighted by Crippen LogP contribution is 2.22. The molecule has 2 aromatic rings. The van der Waals surface area contributed by atoms with E-state index in [-0.39, 0.29) is 11.5 Å². The number of ether oxygens (including phenoxy) is 1. The second-order valence-corrected chi connectivity index (χ2v) is 2.80. The number of hydrogen-bond acceptors (Lipinski definition) is 5. The van der Waals surface area contributed by atoms with Crippen molar-refractivity contribution in [2.75, 3.05) is 0 Å². The van der Waals surface area contributed by atoms with Gasteiger partial charge in [0.25, 0.3) is 6.39 Å². The first kappa shape index (κ1) is 9.75. The van der Waals surface area contributed by atoms with E-state index in [4.69, 9.17) is 19.7 Å². The van der Waals surface area contributed by atoms with E-state index >= 15 is 0 Å². The van der Waals surface area contributed by atoms with E-state index in [1.807, 2.05) is 12.1 Å². The van der Waals surface area contributed by atoms with Crippen molar-refractivity contribution >= 4 is 0 Å². The molecule has 0 atom stereocenters. The highest BCUT2D eigenvalue weighted by molar-refractivity contribution is 5.49. The minimum atomic E-state index is 0.175. The highest BCUT2D eigenvalue weighted by Gasteiger charge is 2.05. The maximum atomic E-state index is 8.80. The standard InChI is InChI=1S/C11H4N3O2/c12-4-8-1-2-10(3-9(8)5-13)16-11-6-14-7-15-11/h1-3,6H. The maximum absolute atomic E-state index is 8.80. The topological polar surface area (TPSA) is 82.8 Å². The zero-order valence-electron chi connectivity index (χ0n) is 7.97. The fraction of sp³-hybridized carbons (Fsp3) is 0. The number of oxazole rings is 1. The second-order valence-electron chi connectivity index (χ2n) is 2.80. The van der Waals surface area contributed by atoms with Crippen LogP contribution in [0.1, 0.15) is 11.1 Å². The molecule has 0 unspecified atom stereocenters. The Morgan fingerprint density at radius 1 is 1.25 bits per heavy atom. The van der Waals surface area contributed by atoms with Gasteiger partial charge in [0, 0.05) is 6.07 Å². The summed E-state index contributed by atoms with van der Waals surface area (Å²) in [5.74, 6) is 0.578. The molecule has 75 valence electrons. The molecule has 0 aliphatic heterocycles. The van der Waals surface area contributed by atoms with Crippen LogP contribution in [0.5, 0.6) is 11.7 Å². The van der Waals surface area contributed by atoms with Crippen molar-refractivity contribution in [2.24, 2.45) is 0 Å². The van der Waals surface area contributed by atoms with E-state index in [9.17, 15) is 0 Å². The third-order valence-corrected chi connectivity index (χ3v) is 1.82. The molecule has 0 aliphatic rings. The lowest BCUT2D eigenvalue weighted by Gasteiger charge is -2.01. The molecule has 0 saturated carbocycles. The van der Waals surface area contributed by atoms with E-state index in [2.05, 4.69) is 11.4 Å². The van der Waals surface area contributed by atoms with E-state index in [0.29, 0.717) is 11.3 Å². The normalized spacial score (nSPS) is 9.12. The Kier molecular flexibility index (Phi) is 2.53. The number of aromatic nitrogens is 1. The van der Waals surface area contributed by atoms with Crippen LogP contribution in [-0.2, 0) is 0 Å². The number of benzene rings is 1. The lowest BCUT2D eigenvalue weighted by molar-refractivity contribution is 0.343. The molecule has 5 heteroatoms. The van der Waals surface area contributed by atoms with Gasteiger partial charge in [-0.25, -0.2) is 4.98 Å². The molecule has 0 N–H and O–H groups in total. The summed E-state index contributed by atoms with van der Waals surface area (Å²) in [4.78, 5) is 3.56. The Morgan fingerprint density at radius 2 is 2.06 bits per heavy atom. The quantitative estimate of drug-likeness (QED) is 0.756. The minimum Gasteiger partial charge on any atom is -0.425 e. The van der Waals surface area contributed by atoms with Gasteiger partial charge in [0.15, 0.2) is 0 Å². The SMILES string of the molecule is N#Cc1ccc(Oc2cn[c]o2)cc1C#N. The van der Waals surface area contributed by atoms with E-state index in [1.54, 1.807) is 6.07 Å². The Morgan fingerprint density at radius 3 is 2.69 bits per heavy atom. The van der Waals surface area contributed by atoms with Crippen LogP contribution < -0.4 is 4.74 Å². The average molecular weight is 210 g/mol. The fourth-order valence-electron chi connectivity index (χ4n) is 1.12. The molecule has 0 aliphatic carbocycles. The van der Waals surface area contributed by atoms with Crippen LogP contribution in [0.4, 0.5) is 0 Å². The molecule has 1 heterocycles. The van der Waals surface area contributed by atoms with Crippen molar-refractivity contribution in [3.63, 3.8) is 0 Å². The zero-order valence-corrected chi connectivity index (χ0v) is 7.97. The van der Waals surface area contributed by atoms with Gasteiger partial charge in [-0.2, -0.15) is 10.5 Å². The first-order valence-electron chi connectivity index (χ1n) is 4.27. The largest absolute Gasteiger partial charge is 0.425 e. The van der Waals surface area contributed by atoms with Gasteiger partial charge in [-0.3, -0.25) is 0 Å². The maximum Gasteiger partial charge on any atom is 0.311 e. The van der Waals surface area contributed by atoms with Crippen molar-refractivity contribution < 1.29 is 9.15 Å². The molecule has 0 spiro atoms. The Balaban J connectivity index is 2.31. The lowest BCUT2D eigenvalue weighted by Crippen LogP contribution is -1.87. The van der Waals surface area contributed by atoms with Crippen LogP contribution in [0.2, 0.25) is 0 Å². The molecule has 0 saturated heterocycles. The Hall–Kier alpha value is -2.79. The summed E-state index contributed by atoms with van der Waals surface area (Å²) in [6.45, 7) is 0. The highest BCUT2D eigenvalue weighted by atomic mass is 16.6. The van der Waals surface area contributed by atoms with Crippen molar-refractivity contribution in [1.82, 2.24) is 4.98 Å². The van der Waals surface area contributed by atoms with Gasteiger partial charge in [-0.15, -0.1) is 0 Å². The Bertz CT molecular complexity index is 576. The first-order chi connectivity index (χ1) is 7.83. The molecule has 0 amide bonds. The van der Waals surface area contributed by atoms with Gasteiger partial charge in [0.05, 0.1) is 11.1 Å². The van der Waals surface area contributed by atoms with Crippen molar-refractivity contribution in [3.05, 3.63) is 41.9 Å². The van der Waals surface area contributed by atoms with Gasteiger partial charge in [-0.1, -0.05) is 0 Å². The number of nitriles is 2. The number of hydrogen-bond donors (Lipinski definition) is 0.